The van der Waals surface area contributed by atoms with E-state index in [2.05, 4.69) is 42.2 Å². The third-order valence-corrected chi connectivity index (χ3v) is 3.04. The van der Waals surface area contributed by atoms with Crippen molar-refractivity contribution in [3.8, 4) is 23.7 Å². The van der Waals surface area contributed by atoms with E-state index in [9.17, 15) is 0 Å². The van der Waals surface area contributed by atoms with Crippen LogP contribution in [0.5, 0.6) is 0 Å². The molecule has 1 aromatic rings. The molecule has 0 unspecified atom stereocenters. The molecule has 0 aliphatic rings. The molecule has 0 saturated carbocycles. The van der Waals surface area contributed by atoms with Crippen molar-refractivity contribution in [2.45, 2.75) is 6.92 Å². The first kappa shape index (κ1) is 19.6. The predicted octanol–water partition coefficient (Wildman–Crippen LogP) is 4.92. The predicted molar refractivity (Wildman–Crippen MR) is 110 cm³/mol. The Bertz CT molecular complexity index is 820. The second kappa shape index (κ2) is 12.1. The van der Waals surface area contributed by atoms with Gasteiger partial charge < -0.3 is 5.32 Å². The average Bonchev–Trinajstić information content (AvgIpc) is 2.65. The SMILES string of the molecule is C=C/C=C\C(C#Cc1ccc(C#CC(/C=C\NC)=C/C=C)cc1)=C/C. The highest BCUT2D eigenvalue weighted by molar-refractivity contribution is 5.49. The number of rotatable bonds is 5. The van der Waals surface area contributed by atoms with Crippen LogP contribution in [0.2, 0.25) is 0 Å². The third kappa shape index (κ3) is 8.12. The summed E-state index contributed by atoms with van der Waals surface area (Å²) in [5.41, 5.74) is 3.74. The number of benzene rings is 1. The lowest BCUT2D eigenvalue weighted by atomic mass is 10.1. The molecule has 0 heterocycles. The van der Waals surface area contributed by atoms with Gasteiger partial charge in [-0.05, 0) is 55.6 Å². The first-order valence-electron chi connectivity index (χ1n) is 7.99. The first-order chi connectivity index (χ1) is 12.2. The van der Waals surface area contributed by atoms with Crippen LogP contribution >= 0.6 is 0 Å². The maximum absolute atomic E-state index is 3.71. The summed E-state index contributed by atoms with van der Waals surface area (Å²) in [5, 5.41) is 2.95. The van der Waals surface area contributed by atoms with E-state index in [-0.39, 0.29) is 0 Å². The summed E-state index contributed by atoms with van der Waals surface area (Å²) >= 11 is 0. The van der Waals surface area contributed by atoms with Crippen molar-refractivity contribution in [3.63, 3.8) is 0 Å². The van der Waals surface area contributed by atoms with E-state index < -0.39 is 0 Å². The molecular weight excluding hydrogens is 302 g/mol. The van der Waals surface area contributed by atoms with Crippen molar-refractivity contribution in [3.05, 3.63) is 108 Å². The summed E-state index contributed by atoms with van der Waals surface area (Å²) in [6.45, 7) is 9.33. The van der Waals surface area contributed by atoms with E-state index in [0.717, 1.165) is 22.3 Å². The molecule has 1 rings (SSSR count). The molecule has 124 valence electrons. The lowest BCUT2D eigenvalue weighted by Crippen LogP contribution is -1.91. The second-order valence-electron chi connectivity index (χ2n) is 4.90. The highest BCUT2D eigenvalue weighted by Gasteiger charge is 1.90. The lowest BCUT2D eigenvalue weighted by Gasteiger charge is -1.93. The van der Waals surface area contributed by atoms with Crippen LogP contribution in [0, 0.1) is 23.7 Å². The van der Waals surface area contributed by atoms with Gasteiger partial charge in [-0.25, -0.2) is 0 Å². The quantitative estimate of drug-likeness (QED) is 0.598. The van der Waals surface area contributed by atoms with Crippen molar-refractivity contribution in [2.24, 2.45) is 0 Å². The van der Waals surface area contributed by atoms with Crippen LogP contribution in [-0.4, -0.2) is 7.05 Å². The van der Waals surface area contributed by atoms with E-state index in [1.165, 1.54) is 0 Å². The smallest absolute Gasteiger partial charge is 0.0263 e. The van der Waals surface area contributed by atoms with Crippen molar-refractivity contribution in [1.29, 1.82) is 0 Å². The fourth-order valence-corrected chi connectivity index (χ4v) is 1.75. The average molecular weight is 325 g/mol. The highest BCUT2D eigenvalue weighted by atomic mass is 14.8. The van der Waals surface area contributed by atoms with E-state index in [1.807, 2.05) is 74.8 Å². The molecule has 1 aromatic carbocycles. The summed E-state index contributed by atoms with van der Waals surface area (Å²) in [4.78, 5) is 0. The number of hydrogen-bond acceptors (Lipinski definition) is 1. The minimum atomic E-state index is 0.889. The fraction of sp³-hybridized carbons (Fsp3) is 0.0833. The second-order valence-corrected chi connectivity index (χ2v) is 4.90. The van der Waals surface area contributed by atoms with Crippen LogP contribution in [0.4, 0.5) is 0 Å². The maximum Gasteiger partial charge on any atom is 0.0263 e. The van der Waals surface area contributed by atoms with Gasteiger partial charge in [-0.1, -0.05) is 61.1 Å². The number of nitrogens with one attached hydrogen (secondary N) is 1. The fourth-order valence-electron chi connectivity index (χ4n) is 1.75. The van der Waals surface area contributed by atoms with E-state index in [0.29, 0.717) is 0 Å². The monoisotopic (exact) mass is 325 g/mol. The van der Waals surface area contributed by atoms with Gasteiger partial charge in [0.25, 0.3) is 0 Å². The van der Waals surface area contributed by atoms with Crippen LogP contribution in [0.25, 0.3) is 0 Å². The summed E-state index contributed by atoms with van der Waals surface area (Å²) in [6, 6.07) is 7.89. The molecule has 0 atom stereocenters. The van der Waals surface area contributed by atoms with Crippen LogP contribution in [0.3, 0.4) is 0 Å². The Morgan fingerprint density at radius 2 is 1.52 bits per heavy atom. The largest absolute Gasteiger partial charge is 0.394 e. The molecule has 0 saturated heterocycles. The molecule has 0 aromatic heterocycles. The molecule has 1 heteroatoms. The van der Waals surface area contributed by atoms with Gasteiger partial charge in [0.2, 0.25) is 0 Å². The summed E-state index contributed by atoms with van der Waals surface area (Å²) < 4.78 is 0. The Balaban J connectivity index is 2.91. The van der Waals surface area contributed by atoms with Gasteiger partial charge in [0.05, 0.1) is 0 Å². The summed E-state index contributed by atoms with van der Waals surface area (Å²) in [6.07, 6.45) is 14.9. The minimum absolute atomic E-state index is 0.889. The van der Waals surface area contributed by atoms with E-state index >= 15 is 0 Å². The molecule has 0 bridgehead atoms. The first-order valence-corrected chi connectivity index (χ1v) is 7.99. The Hall–Kier alpha value is -3.42. The molecular formula is C24H23N. The topological polar surface area (TPSA) is 12.0 Å². The Morgan fingerprint density at radius 3 is 2.00 bits per heavy atom. The number of allylic oxidation sites excluding steroid dienone is 9. The lowest BCUT2D eigenvalue weighted by molar-refractivity contribution is 1.10. The van der Waals surface area contributed by atoms with Crippen LogP contribution in [0.15, 0.2) is 97.3 Å². The van der Waals surface area contributed by atoms with E-state index in [4.69, 9.17) is 0 Å². The molecule has 0 fully saturated rings. The number of hydrogen-bond donors (Lipinski definition) is 1. The minimum Gasteiger partial charge on any atom is -0.394 e. The van der Waals surface area contributed by atoms with Gasteiger partial charge in [-0.3, -0.25) is 0 Å². The molecule has 0 aliphatic heterocycles. The highest BCUT2D eigenvalue weighted by Crippen LogP contribution is 2.04. The summed E-state index contributed by atoms with van der Waals surface area (Å²) in [7, 11) is 1.85. The molecule has 0 amide bonds. The zero-order chi connectivity index (χ0) is 18.3. The van der Waals surface area contributed by atoms with Gasteiger partial charge in [0.1, 0.15) is 0 Å². The van der Waals surface area contributed by atoms with Gasteiger partial charge in [0.15, 0.2) is 0 Å². The van der Waals surface area contributed by atoms with Crippen molar-refractivity contribution < 1.29 is 0 Å². The van der Waals surface area contributed by atoms with Gasteiger partial charge in [-0.2, -0.15) is 0 Å². The van der Waals surface area contributed by atoms with Crippen LogP contribution in [0.1, 0.15) is 18.1 Å². The summed E-state index contributed by atoms with van der Waals surface area (Å²) in [5.74, 6) is 12.5. The van der Waals surface area contributed by atoms with Gasteiger partial charge >= 0.3 is 0 Å². The zero-order valence-corrected chi connectivity index (χ0v) is 14.8. The molecule has 0 aliphatic carbocycles. The third-order valence-electron chi connectivity index (χ3n) is 3.04. The normalized spacial score (nSPS) is 11.4. The molecule has 1 nitrogen and oxygen atoms in total. The molecule has 25 heavy (non-hydrogen) atoms. The standard InChI is InChI=1S/C24H23N/c1-5-8-10-21(7-3)11-12-23-15-17-24(18-16-23)14-13-22(9-6-2)19-20-25-4/h5-10,15-20,25H,1-2H2,3-4H3/b10-8-,20-19-,21-7+,22-9-. The molecule has 1 N–H and O–H groups in total. The van der Waals surface area contributed by atoms with Crippen LogP contribution < -0.4 is 5.32 Å². The van der Waals surface area contributed by atoms with Crippen molar-refractivity contribution in [1.82, 2.24) is 5.32 Å². The van der Waals surface area contributed by atoms with Gasteiger partial charge in [0, 0.05) is 29.3 Å². The molecule has 0 spiro atoms. The Labute approximate surface area is 151 Å². The van der Waals surface area contributed by atoms with Crippen LogP contribution in [-0.2, 0) is 0 Å². The van der Waals surface area contributed by atoms with Crippen molar-refractivity contribution in [2.75, 3.05) is 7.05 Å². The Kier molecular flexibility index (Phi) is 9.47. The van der Waals surface area contributed by atoms with Crippen molar-refractivity contribution >= 4 is 0 Å². The molecule has 0 radical (unpaired) electrons. The van der Waals surface area contributed by atoms with Gasteiger partial charge in [-0.15, -0.1) is 0 Å². The zero-order valence-electron chi connectivity index (χ0n) is 14.8. The maximum atomic E-state index is 3.71. The van der Waals surface area contributed by atoms with E-state index in [1.54, 1.807) is 12.2 Å². The Morgan fingerprint density at radius 1 is 0.920 bits per heavy atom.